The third-order valence-electron chi connectivity index (χ3n) is 3.09. The van der Waals surface area contributed by atoms with Crippen LogP contribution in [-0.4, -0.2) is 119 Å². The van der Waals surface area contributed by atoms with Gasteiger partial charge in [-0.05, 0) is 0 Å². The van der Waals surface area contributed by atoms with Gasteiger partial charge in [0.2, 0.25) is 0 Å². The van der Waals surface area contributed by atoms with Crippen LogP contribution in [0, 0.1) is 0 Å². The van der Waals surface area contributed by atoms with Crippen molar-refractivity contribution < 1.29 is 42.3 Å². The van der Waals surface area contributed by atoms with Crippen LogP contribution >= 0.6 is 0 Å². The molecule has 0 radical (unpaired) electrons. The minimum absolute atomic E-state index is 0.120. The molecule has 28 heavy (non-hydrogen) atoms. The molecule has 0 aromatic carbocycles. The van der Waals surface area contributed by atoms with Crippen LogP contribution in [0.15, 0.2) is 0 Å². The molecule has 0 amide bonds. The first kappa shape index (κ1) is 27.6. The van der Waals surface area contributed by atoms with Crippen molar-refractivity contribution in [1.29, 1.82) is 0 Å². The van der Waals surface area contributed by atoms with Gasteiger partial charge in [0.15, 0.2) is 0 Å². The first-order valence-electron chi connectivity index (χ1n) is 9.79. The monoisotopic (exact) mass is 415 g/mol. The zero-order valence-electron chi connectivity index (χ0n) is 16.9. The number of hydrogen-bond acceptors (Lipinski definition) is 9. The fourth-order valence-corrected chi connectivity index (χ4v) is 1.78. The molecule has 9 nitrogen and oxygen atoms in total. The zero-order valence-corrected chi connectivity index (χ0v) is 16.9. The summed E-state index contributed by atoms with van der Waals surface area (Å²) in [6.45, 7) is 7.79. The van der Waals surface area contributed by atoms with E-state index in [9.17, 15) is 4.39 Å². The Labute approximate surface area is 167 Å². The molecule has 0 unspecified atom stereocenters. The second-order valence-corrected chi connectivity index (χ2v) is 5.38. The van der Waals surface area contributed by atoms with Crippen molar-refractivity contribution in [3.8, 4) is 0 Å². The van der Waals surface area contributed by atoms with Gasteiger partial charge in [-0.3, -0.25) is 0 Å². The van der Waals surface area contributed by atoms with Crippen molar-refractivity contribution in [2.45, 2.75) is 0 Å². The van der Waals surface area contributed by atoms with Crippen LogP contribution < -0.4 is 5.73 Å². The Bertz CT molecular complexity index is 254. The molecule has 170 valence electrons. The molecule has 0 heterocycles. The molecule has 0 atom stereocenters. The van der Waals surface area contributed by atoms with E-state index in [4.69, 9.17) is 43.6 Å². The molecule has 0 rings (SSSR count). The summed E-state index contributed by atoms with van der Waals surface area (Å²) >= 11 is 0. The quantitative estimate of drug-likeness (QED) is 0.207. The predicted molar refractivity (Wildman–Crippen MR) is 102 cm³/mol. The minimum atomic E-state index is -0.468. The van der Waals surface area contributed by atoms with Crippen LogP contribution in [0.3, 0.4) is 0 Å². The molecule has 0 aromatic heterocycles. The maximum Gasteiger partial charge on any atom is 0.113 e. The summed E-state index contributed by atoms with van der Waals surface area (Å²) in [5, 5.41) is 0. The van der Waals surface area contributed by atoms with E-state index in [1.807, 2.05) is 0 Å². The van der Waals surface area contributed by atoms with E-state index in [2.05, 4.69) is 0 Å². The highest BCUT2D eigenvalue weighted by Gasteiger charge is 1.94. The molecule has 0 aromatic rings. The van der Waals surface area contributed by atoms with Crippen molar-refractivity contribution in [3.63, 3.8) is 0 Å². The molecule has 0 aliphatic rings. The largest absolute Gasteiger partial charge is 0.378 e. The van der Waals surface area contributed by atoms with Crippen molar-refractivity contribution >= 4 is 0 Å². The van der Waals surface area contributed by atoms with Gasteiger partial charge in [-0.25, -0.2) is 4.39 Å². The Morgan fingerprint density at radius 2 is 0.571 bits per heavy atom. The highest BCUT2D eigenvalue weighted by Crippen LogP contribution is 1.85. The van der Waals surface area contributed by atoms with E-state index in [0.717, 1.165) is 0 Å². The summed E-state index contributed by atoms with van der Waals surface area (Å²) in [6.07, 6.45) is 0. The van der Waals surface area contributed by atoms with Crippen LogP contribution in [-0.2, 0) is 37.9 Å². The van der Waals surface area contributed by atoms with E-state index >= 15 is 0 Å². The second kappa shape index (κ2) is 26.6. The predicted octanol–water partition coefficient (Wildman–Crippen LogP) is 0.0474. The number of ether oxygens (including phenoxy) is 8. The first-order chi connectivity index (χ1) is 13.9. The zero-order chi connectivity index (χ0) is 20.4. The third-order valence-corrected chi connectivity index (χ3v) is 3.09. The minimum Gasteiger partial charge on any atom is -0.378 e. The Kier molecular flexibility index (Phi) is 26.2. The van der Waals surface area contributed by atoms with E-state index in [0.29, 0.717) is 106 Å². The Hall–Kier alpha value is -0.430. The van der Waals surface area contributed by atoms with Crippen LogP contribution in [0.2, 0.25) is 0 Å². The molecule has 0 bridgehead atoms. The fraction of sp³-hybridized carbons (Fsp3) is 1.00. The van der Waals surface area contributed by atoms with Gasteiger partial charge >= 0.3 is 0 Å². The van der Waals surface area contributed by atoms with E-state index < -0.39 is 6.67 Å². The lowest BCUT2D eigenvalue weighted by molar-refractivity contribution is -0.0231. The van der Waals surface area contributed by atoms with Crippen LogP contribution in [0.1, 0.15) is 0 Å². The average Bonchev–Trinajstić information content (AvgIpc) is 2.71. The molecule has 0 fully saturated rings. The van der Waals surface area contributed by atoms with Gasteiger partial charge in [-0.1, -0.05) is 0 Å². The van der Waals surface area contributed by atoms with E-state index in [1.54, 1.807) is 0 Å². The molecule has 10 heteroatoms. The van der Waals surface area contributed by atoms with Gasteiger partial charge in [0.1, 0.15) is 6.67 Å². The van der Waals surface area contributed by atoms with Gasteiger partial charge in [-0.2, -0.15) is 0 Å². The van der Waals surface area contributed by atoms with Gasteiger partial charge < -0.3 is 43.6 Å². The summed E-state index contributed by atoms with van der Waals surface area (Å²) in [5.41, 5.74) is 5.30. The lowest BCUT2D eigenvalue weighted by Crippen LogP contribution is -2.15. The fourth-order valence-electron chi connectivity index (χ4n) is 1.78. The second-order valence-electron chi connectivity index (χ2n) is 5.38. The Morgan fingerprint density at radius 3 is 0.786 bits per heavy atom. The highest BCUT2D eigenvalue weighted by molar-refractivity contribution is 4.38. The molecule has 0 saturated heterocycles. The van der Waals surface area contributed by atoms with Crippen molar-refractivity contribution in [2.24, 2.45) is 5.73 Å². The summed E-state index contributed by atoms with van der Waals surface area (Å²) < 4.78 is 53.9. The van der Waals surface area contributed by atoms with Crippen LogP contribution in [0.5, 0.6) is 0 Å². The first-order valence-corrected chi connectivity index (χ1v) is 9.79. The molecule has 2 N–H and O–H groups in total. The maximum atomic E-state index is 11.7. The van der Waals surface area contributed by atoms with Gasteiger partial charge in [-0.15, -0.1) is 0 Å². The summed E-state index contributed by atoms with van der Waals surface area (Å²) in [7, 11) is 0. The standard InChI is InChI=1S/C18H38FNO8/c19-1-3-21-5-7-23-9-11-25-13-15-27-17-18-28-16-14-26-12-10-24-8-6-22-4-2-20/h1-18,20H2. The SMILES string of the molecule is NCCOCCOCCOCCOCCOCCOCCOCCOCCF. The molecule has 0 spiro atoms. The number of halogens is 1. The summed E-state index contributed by atoms with van der Waals surface area (Å²) in [6, 6.07) is 0. The lowest BCUT2D eigenvalue weighted by atomic mass is 10.6. The Balaban J connectivity index is 2.96. The number of nitrogens with two attached hydrogens (primary N) is 1. The molecular formula is C18H38FNO8. The number of rotatable bonds is 25. The van der Waals surface area contributed by atoms with Gasteiger partial charge in [0.05, 0.1) is 106 Å². The average molecular weight is 415 g/mol. The molecular weight excluding hydrogens is 377 g/mol. The lowest BCUT2D eigenvalue weighted by Gasteiger charge is -2.08. The highest BCUT2D eigenvalue weighted by atomic mass is 19.1. The van der Waals surface area contributed by atoms with Gasteiger partial charge in [0, 0.05) is 6.54 Å². The van der Waals surface area contributed by atoms with Crippen LogP contribution in [0.4, 0.5) is 4.39 Å². The van der Waals surface area contributed by atoms with Crippen LogP contribution in [0.25, 0.3) is 0 Å². The maximum absolute atomic E-state index is 11.7. The van der Waals surface area contributed by atoms with E-state index in [-0.39, 0.29) is 6.61 Å². The Morgan fingerprint density at radius 1 is 0.357 bits per heavy atom. The van der Waals surface area contributed by atoms with E-state index in [1.165, 1.54) is 0 Å². The smallest absolute Gasteiger partial charge is 0.113 e. The topological polar surface area (TPSA) is 99.9 Å². The van der Waals surface area contributed by atoms with Crippen molar-refractivity contribution in [3.05, 3.63) is 0 Å². The molecule has 0 saturated carbocycles. The number of alkyl halides is 1. The number of hydrogen-bond donors (Lipinski definition) is 1. The van der Waals surface area contributed by atoms with Crippen molar-refractivity contribution in [2.75, 3.05) is 119 Å². The molecule has 0 aliphatic heterocycles. The summed E-state index contributed by atoms with van der Waals surface area (Å²) in [5.74, 6) is 0. The third kappa shape index (κ3) is 25.6. The normalized spacial score (nSPS) is 11.4. The van der Waals surface area contributed by atoms with Gasteiger partial charge in [0.25, 0.3) is 0 Å². The molecule has 0 aliphatic carbocycles. The summed E-state index contributed by atoms with van der Waals surface area (Å²) in [4.78, 5) is 0. The van der Waals surface area contributed by atoms with Crippen molar-refractivity contribution in [1.82, 2.24) is 0 Å².